The second-order valence-electron chi connectivity index (χ2n) is 6.51. The van der Waals surface area contributed by atoms with Crippen molar-refractivity contribution >= 4 is 41.2 Å². The number of anilines is 1. The van der Waals surface area contributed by atoms with E-state index in [0.717, 1.165) is 23.3 Å². The van der Waals surface area contributed by atoms with Crippen LogP contribution in [0, 0.1) is 0 Å². The number of hydrogen-bond acceptors (Lipinski definition) is 4. The lowest BCUT2D eigenvalue weighted by Gasteiger charge is -2.26. The summed E-state index contributed by atoms with van der Waals surface area (Å²) in [6.07, 6.45) is 3.03. The molecule has 2 aromatic rings. The summed E-state index contributed by atoms with van der Waals surface area (Å²) in [5, 5.41) is 2.66. The molecule has 1 saturated heterocycles. The van der Waals surface area contributed by atoms with Gasteiger partial charge in [-0.2, -0.15) is 0 Å². The Morgan fingerprint density at radius 2 is 1.79 bits per heavy atom. The van der Waals surface area contributed by atoms with Crippen molar-refractivity contribution in [2.24, 2.45) is 0 Å². The maximum Gasteiger partial charge on any atom is 0.335 e. The molecule has 4 amide bonds. The molecule has 7 heteroatoms. The summed E-state index contributed by atoms with van der Waals surface area (Å²) in [6, 6.07) is 11.2. The molecule has 29 heavy (non-hydrogen) atoms. The molecule has 1 aliphatic rings. The summed E-state index contributed by atoms with van der Waals surface area (Å²) in [7, 11) is 0. The lowest BCUT2D eigenvalue weighted by molar-refractivity contribution is -0.122. The third-order valence-corrected chi connectivity index (χ3v) is 4.67. The van der Waals surface area contributed by atoms with Crippen LogP contribution in [0.25, 0.3) is 6.08 Å². The minimum atomic E-state index is -0.782. The number of halogens is 1. The molecule has 1 heterocycles. The van der Waals surface area contributed by atoms with Gasteiger partial charge in [-0.3, -0.25) is 14.9 Å². The van der Waals surface area contributed by atoms with E-state index in [1.54, 1.807) is 30.3 Å². The standard InChI is InChI=1S/C22H21ClN2O4/c1-3-11-29-19-10-7-16(23)12-15(19)13-18-20(26)24-22(28)25(21(18)27)17-8-5-14(4-2)6-9-17/h5-10,12-13H,3-4,11H2,1-2H3,(H,24,26,28)/b18-13+. The molecule has 3 rings (SSSR count). The average molecular weight is 413 g/mol. The minimum absolute atomic E-state index is 0.173. The van der Waals surface area contributed by atoms with Gasteiger partial charge in [0.1, 0.15) is 11.3 Å². The van der Waals surface area contributed by atoms with E-state index in [1.165, 1.54) is 6.08 Å². The number of rotatable bonds is 6. The first-order valence-electron chi connectivity index (χ1n) is 9.37. The molecule has 150 valence electrons. The maximum atomic E-state index is 13.0. The fourth-order valence-corrected chi connectivity index (χ4v) is 3.08. The first-order valence-corrected chi connectivity index (χ1v) is 9.75. The number of imide groups is 2. The number of nitrogens with one attached hydrogen (secondary N) is 1. The molecular formula is C22H21ClN2O4. The number of ether oxygens (including phenoxy) is 1. The normalized spacial score (nSPS) is 15.6. The van der Waals surface area contributed by atoms with Crippen molar-refractivity contribution in [3.8, 4) is 5.75 Å². The van der Waals surface area contributed by atoms with E-state index < -0.39 is 17.8 Å². The Kier molecular flexibility index (Phi) is 6.34. The van der Waals surface area contributed by atoms with Crippen molar-refractivity contribution < 1.29 is 19.1 Å². The van der Waals surface area contributed by atoms with Crippen LogP contribution in [0.2, 0.25) is 5.02 Å². The molecule has 0 unspecified atom stereocenters. The molecule has 1 fully saturated rings. The Morgan fingerprint density at radius 1 is 1.07 bits per heavy atom. The van der Waals surface area contributed by atoms with Crippen molar-refractivity contribution in [2.45, 2.75) is 26.7 Å². The molecule has 0 aromatic heterocycles. The third-order valence-electron chi connectivity index (χ3n) is 4.44. The number of carbonyl (C=O) groups excluding carboxylic acids is 3. The number of amides is 4. The van der Waals surface area contributed by atoms with Crippen LogP contribution in [0.15, 0.2) is 48.0 Å². The van der Waals surface area contributed by atoms with E-state index in [-0.39, 0.29) is 5.57 Å². The quantitative estimate of drug-likeness (QED) is 0.565. The number of urea groups is 1. The summed E-state index contributed by atoms with van der Waals surface area (Å²) in [4.78, 5) is 38.7. The van der Waals surface area contributed by atoms with Gasteiger partial charge in [-0.1, -0.05) is 37.6 Å². The Hall–Kier alpha value is -3.12. The minimum Gasteiger partial charge on any atom is -0.493 e. The fourth-order valence-electron chi connectivity index (χ4n) is 2.90. The molecule has 2 aromatic carbocycles. The molecule has 0 bridgehead atoms. The van der Waals surface area contributed by atoms with Crippen LogP contribution >= 0.6 is 11.6 Å². The predicted octanol–water partition coefficient (Wildman–Crippen LogP) is 4.36. The number of aryl methyl sites for hydroxylation is 1. The largest absolute Gasteiger partial charge is 0.493 e. The number of carbonyl (C=O) groups is 3. The maximum absolute atomic E-state index is 13.0. The highest BCUT2D eigenvalue weighted by atomic mass is 35.5. The molecule has 1 N–H and O–H groups in total. The molecule has 0 spiro atoms. The van der Waals surface area contributed by atoms with Crippen molar-refractivity contribution in [3.05, 3.63) is 64.2 Å². The zero-order valence-corrected chi connectivity index (χ0v) is 17.0. The van der Waals surface area contributed by atoms with Gasteiger partial charge in [0.25, 0.3) is 11.8 Å². The monoisotopic (exact) mass is 412 g/mol. The second kappa shape index (κ2) is 8.92. The van der Waals surface area contributed by atoms with Crippen LogP contribution in [0.4, 0.5) is 10.5 Å². The molecule has 0 aliphatic carbocycles. The van der Waals surface area contributed by atoms with Gasteiger partial charge in [0.15, 0.2) is 0 Å². The van der Waals surface area contributed by atoms with Crippen LogP contribution in [0.3, 0.4) is 0 Å². The van der Waals surface area contributed by atoms with E-state index in [1.807, 2.05) is 26.0 Å². The zero-order valence-electron chi connectivity index (χ0n) is 16.2. The van der Waals surface area contributed by atoms with E-state index in [0.29, 0.717) is 28.6 Å². The van der Waals surface area contributed by atoms with Crippen LogP contribution < -0.4 is 15.0 Å². The van der Waals surface area contributed by atoms with Crippen molar-refractivity contribution in [1.82, 2.24) is 5.32 Å². The van der Waals surface area contributed by atoms with Gasteiger partial charge in [0.2, 0.25) is 0 Å². The van der Waals surface area contributed by atoms with Gasteiger partial charge in [-0.15, -0.1) is 0 Å². The topological polar surface area (TPSA) is 75.7 Å². The summed E-state index contributed by atoms with van der Waals surface area (Å²) in [6.45, 7) is 4.46. The Bertz CT molecular complexity index is 983. The summed E-state index contributed by atoms with van der Waals surface area (Å²) >= 11 is 6.08. The van der Waals surface area contributed by atoms with Gasteiger partial charge in [-0.05, 0) is 54.8 Å². The number of benzene rings is 2. The lowest BCUT2D eigenvalue weighted by Crippen LogP contribution is -2.54. The highest BCUT2D eigenvalue weighted by Gasteiger charge is 2.37. The Labute approximate surface area is 174 Å². The highest BCUT2D eigenvalue weighted by Crippen LogP contribution is 2.28. The predicted molar refractivity (Wildman–Crippen MR) is 112 cm³/mol. The SMILES string of the molecule is CCCOc1ccc(Cl)cc1/C=C1\C(=O)NC(=O)N(c2ccc(CC)cc2)C1=O. The van der Waals surface area contributed by atoms with E-state index >= 15 is 0 Å². The Balaban J connectivity index is 2.00. The first kappa shape index (κ1) is 20.6. The van der Waals surface area contributed by atoms with Crippen molar-refractivity contribution in [2.75, 3.05) is 11.5 Å². The van der Waals surface area contributed by atoms with E-state index in [9.17, 15) is 14.4 Å². The van der Waals surface area contributed by atoms with E-state index in [4.69, 9.17) is 16.3 Å². The zero-order chi connectivity index (χ0) is 21.0. The fraction of sp³-hybridized carbons (Fsp3) is 0.227. The molecule has 0 atom stereocenters. The smallest absolute Gasteiger partial charge is 0.335 e. The van der Waals surface area contributed by atoms with Gasteiger partial charge in [0, 0.05) is 10.6 Å². The highest BCUT2D eigenvalue weighted by molar-refractivity contribution is 6.39. The molecule has 0 saturated carbocycles. The van der Waals surface area contributed by atoms with E-state index in [2.05, 4.69) is 5.32 Å². The molecule has 6 nitrogen and oxygen atoms in total. The molecule has 1 aliphatic heterocycles. The molecule has 0 radical (unpaired) electrons. The number of nitrogens with zero attached hydrogens (tertiary/aromatic N) is 1. The van der Waals surface area contributed by atoms with Crippen LogP contribution in [0.1, 0.15) is 31.4 Å². The van der Waals surface area contributed by atoms with Crippen molar-refractivity contribution in [1.29, 1.82) is 0 Å². The van der Waals surface area contributed by atoms with Crippen LogP contribution in [-0.2, 0) is 16.0 Å². The third kappa shape index (κ3) is 4.49. The van der Waals surface area contributed by atoms with Gasteiger partial charge >= 0.3 is 6.03 Å². The summed E-state index contributed by atoms with van der Waals surface area (Å²) in [5.41, 5.74) is 1.77. The lowest BCUT2D eigenvalue weighted by atomic mass is 10.1. The number of barbiturate groups is 1. The van der Waals surface area contributed by atoms with Gasteiger partial charge in [-0.25, -0.2) is 9.69 Å². The number of hydrogen-bond donors (Lipinski definition) is 1. The first-order chi connectivity index (χ1) is 13.9. The van der Waals surface area contributed by atoms with Crippen LogP contribution in [-0.4, -0.2) is 24.5 Å². The molecular weight excluding hydrogens is 392 g/mol. The summed E-state index contributed by atoms with van der Waals surface area (Å²) < 4.78 is 5.68. The van der Waals surface area contributed by atoms with Gasteiger partial charge in [0.05, 0.1) is 12.3 Å². The second-order valence-corrected chi connectivity index (χ2v) is 6.94. The van der Waals surface area contributed by atoms with Gasteiger partial charge < -0.3 is 4.74 Å². The Morgan fingerprint density at radius 3 is 2.45 bits per heavy atom. The average Bonchev–Trinajstić information content (AvgIpc) is 2.71. The van der Waals surface area contributed by atoms with Crippen LogP contribution in [0.5, 0.6) is 5.75 Å². The van der Waals surface area contributed by atoms with Crippen molar-refractivity contribution in [3.63, 3.8) is 0 Å². The summed E-state index contributed by atoms with van der Waals surface area (Å²) in [5.74, 6) is -0.965.